The maximum atomic E-state index is 13.4. The molecule has 0 spiro atoms. The number of para-hydroxylation sites is 2. The number of methoxy groups -OCH3 is 1. The summed E-state index contributed by atoms with van der Waals surface area (Å²) in [7, 11) is -1.09. The summed E-state index contributed by atoms with van der Waals surface area (Å²) in [5.74, 6) is -0.617. The van der Waals surface area contributed by atoms with Gasteiger partial charge in [-0.1, -0.05) is 24.3 Å². The number of aryl methyl sites for hydroxylation is 1. The molecule has 156 valence electrons. The molecule has 0 aromatic heterocycles. The molecule has 30 heavy (non-hydrogen) atoms. The van der Waals surface area contributed by atoms with Crippen molar-refractivity contribution in [3.63, 3.8) is 0 Å². The van der Waals surface area contributed by atoms with Crippen LogP contribution in [-0.4, -0.2) is 28.5 Å². The fourth-order valence-electron chi connectivity index (χ4n) is 2.95. The average Bonchev–Trinajstić information content (AvgIpc) is 2.73. The van der Waals surface area contributed by atoms with Crippen LogP contribution in [0.4, 0.5) is 15.8 Å². The quantitative estimate of drug-likeness (QED) is 0.638. The van der Waals surface area contributed by atoms with E-state index in [1.54, 1.807) is 43.3 Å². The molecule has 3 aromatic carbocycles. The van der Waals surface area contributed by atoms with Crippen LogP contribution in [0.15, 0.2) is 71.6 Å². The zero-order valence-corrected chi connectivity index (χ0v) is 17.5. The number of nitrogens with zero attached hydrogens (tertiary/aromatic N) is 1. The summed E-state index contributed by atoms with van der Waals surface area (Å²) in [6, 6.07) is 16.5. The van der Waals surface area contributed by atoms with E-state index in [4.69, 9.17) is 4.74 Å². The van der Waals surface area contributed by atoms with Gasteiger partial charge in [-0.05, 0) is 55.0 Å². The van der Waals surface area contributed by atoms with Crippen molar-refractivity contribution in [1.29, 1.82) is 0 Å². The highest BCUT2D eigenvalue weighted by molar-refractivity contribution is 7.92. The van der Waals surface area contributed by atoms with E-state index in [9.17, 15) is 17.6 Å². The summed E-state index contributed by atoms with van der Waals surface area (Å²) < 4.78 is 46.1. The fourth-order valence-corrected chi connectivity index (χ4v) is 4.18. The van der Waals surface area contributed by atoms with Crippen molar-refractivity contribution in [2.24, 2.45) is 0 Å². The number of anilines is 2. The van der Waals surface area contributed by atoms with Crippen LogP contribution in [0.1, 0.15) is 15.9 Å². The molecule has 0 bridgehead atoms. The van der Waals surface area contributed by atoms with Gasteiger partial charge in [0.15, 0.2) is 0 Å². The average molecular weight is 428 g/mol. The van der Waals surface area contributed by atoms with Crippen molar-refractivity contribution in [3.05, 3.63) is 83.7 Å². The third-order valence-electron chi connectivity index (χ3n) is 4.62. The Labute approximate surface area is 175 Å². The zero-order chi connectivity index (χ0) is 21.9. The predicted molar refractivity (Wildman–Crippen MR) is 114 cm³/mol. The van der Waals surface area contributed by atoms with E-state index in [0.29, 0.717) is 17.0 Å². The van der Waals surface area contributed by atoms with Crippen molar-refractivity contribution < 1.29 is 22.3 Å². The largest absolute Gasteiger partial charge is 0.495 e. The first kappa shape index (κ1) is 21.3. The van der Waals surface area contributed by atoms with Gasteiger partial charge < -0.3 is 10.1 Å². The molecule has 3 rings (SSSR count). The summed E-state index contributed by atoms with van der Waals surface area (Å²) in [4.78, 5) is 12.7. The third-order valence-corrected chi connectivity index (χ3v) is 6.39. The predicted octanol–water partition coefficient (Wildman–Crippen LogP) is 4.22. The molecule has 3 aromatic rings. The minimum absolute atomic E-state index is 0.0501. The van der Waals surface area contributed by atoms with Crippen LogP contribution in [0.3, 0.4) is 0 Å². The normalized spacial score (nSPS) is 11.1. The molecule has 0 saturated heterocycles. The lowest BCUT2D eigenvalue weighted by Crippen LogP contribution is -2.27. The van der Waals surface area contributed by atoms with Gasteiger partial charge in [-0.15, -0.1) is 0 Å². The van der Waals surface area contributed by atoms with E-state index >= 15 is 0 Å². The number of nitrogens with one attached hydrogen (secondary N) is 1. The van der Waals surface area contributed by atoms with Gasteiger partial charge in [0.2, 0.25) is 0 Å². The molecule has 6 nitrogen and oxygen atoms in total. The third kappa shape index (κ3) is 4.28. The number of ether oxygens (including phenoxy) is 1. The lowest BCUT2D eigenvalue weighted by molar-refractivity contribution is 0.102. The second-order valence-electron chi connectivity index (χ2n) is 6.59. The van der Waals surface area contributed by atoms with E-state index in [0.717, 1.165) is 4.31 Å². The Morgan fingerprint density at radius 3 is 2.47 bits per heavy atom. The van der Waals surface area contributed by atoms with Gasteiger partial charge in [-0.2, -0.15) is 0 Å². The summed E-state index contributed by atoms with van der Waals surface area (Å²) in [5.41, 5.74) is 1.40. The second-order valence-corrected chi connectivity index (χ2v) is 8.55. The van der Waals surface area contributed by atoms with Crippen LogP contribution < -0.4 is 14.4 Å². The smallest absolute Gasteiger partial charge is 0.264 e. The van der Waals surface area contributed by atoms with Crippen molar-refractivity contribution in [3.8, 4) is 5.75 Å². The Bertz CT molecular complexity index is 1200. The number of halogens is 1. The monoisotopic (exact) mass is 428 g/mol. The number of rotatable bonds is 6. The molecule has 8 heteroatoms. The Hall–Kier alpha value is -3.39. The molecule has 0 aliphatic carbocycles. The van der Waals surface area contributed by atoms with Crippen LogP contribution in [0, 0.1) is 12.7 Å². The molecule has 0 aliphatic heterocycles. The van der Waals surface area contributed by atoms with Gasteiger partial charge in [0.05, 0.1) is 17.7 Å². The number of sulfonamides is 1. The van der Waals surface area contributed by atoms with Gasteiger partial charge in [-0.3, -0.25) is 9.10 Å². The lowest BCUT2D eigenvalue weighted by Gasteiger charge is -2.22. The fraction of sp³-hybridized carbons (Fsp3) is 0.136. The Morgan fingerprint density at radius 1 is 1.03 bits per heavy atom. The molecular weight excluding hydrogens is 407 g/mol. The van der Waals surface area contributed by atoms with Gasteiger partial charge >= 0.3 is 0 Å². The highest BCUT2D eigenvalue weighted by atomic mass is 32.2. The standard InChI is InChI=1S/C22H21FN2O4S/c1-15-11-12-18(14-19(15)22(26)24-17-8-6-7-16(23)13-17)30(27,28)25(2)20-9-4-5-10-21(20)29-3/h4-14H,1-3H3,(H,24,26). The molecule has 0 fully saturated rings. The van der Waals surface area contributed by atoms with E-state index in [-0.39, 0.29) is 16.1 Å². The van der Waals surface area contributed by atoms with E-state index in [2.05, 4.69) is 5.32 Å². The van der Waals surface area contributed by atoms with Crippen molar-refractivity contribution >= 4 is 27.3 Å². The molecule has 0 atom stereocenters. The van der Waals surface area contributed by atoms with Gasteiger partial charge in [0.1, 0.15) is 11.6 Å². The van der Waals surface area contributed by atoms with Crippen molar-refractivity contribution in [1.82, 2.24) is 0 Å². The molecule has 1 N–H and O–H groups in total. The lowest BCUT2D eigenvalue weighted by atomic mass is 10.1. The van der Waals surface area contributed by atoms with Crippen LogP contribution >= 0.6 is 0 Å². The van der Waals surface area contributed by atoms with E-state index < -0.39 is 21.7 Å². The Kier molecular flexibility index (Phi) is 6.07. The van der Waals surface area contributed by atoms with Crippen molar-refractivity contribution in [2.45, 2.75) is 11.8 Å². The summed E-state index contributed by atoms with van der Waals surface area (Å²) in [6.45, 7) is 1.70. The molecule has 1 amide bonds. The van der Waals surface area contributed by atoms with Gasteiger partial charge in [-0.25, -0.2) is 12.8 Å². The molecule has 0 unspecified atom stereocenters. The van der Waals surface area contributed by atoms with Crippen LogP contribution in [-0.2, 0) is 10.0 Å². The number of carbonyl (C=O) groups excluding carboxylic acids is 1. The van der Waals surface area contributed by atoms with E-state index in [1.807, 2.05) is 0 Å². The first-order chi connectivity index (χ1) is 14.2. The number of carbonyl (C=O) groups is 1. The molecule has 0 heterocycles. The topological polar surface area (TPSA) is 75.7 Å². The summed E-state index contributed by atoms with van der Waals surface area (Å²) in [6.07, 6.45) is 0. The maximum absolute atomic E-state index is 13.4. The zero-order valence-electron chi connectivity index (χ0n) is 16.7. The summed E-state index contributed by atoms with van der Waals surface area (Å²) in [5, 5.41) is 2.59. The molecule has 0 radical (unpaired) electrons. The summed E-state index contributed by atoms with van der Waals surface area (Å²) >= 11 is 0. The SMILES string of the molecule is COc1ccccc1N(C)S(=O)(=O)c1ccc(C)c(C(=O)Nc2cccc(F)c2)c1. The first-order valence-corrected chi connectivity index (χ1v) is 10.5. The molecule has 0 saturated carbocycles. The van der Waals surface area contributed by atoms with E-state index in [1.165, 1.54) is 44.5 Å². The molecular formula is C22H21FN2O4S. The van der Waals surface area contributed by atoms with Gasteiger partial charge in [0.25, 0.3) is 15.9 Å². The van der Waals surface area contributed by atoms with Crippen LogP contribution in [0.2, 0.25) is 0 Å². The minimum Gasteiger partial charge on any atom is -0.495 e. The number of hydrogen-bond acceptors (Lipinski definition) is 4. The second kappa shape index (κ2) is 8.54. The highest BCUT2D eigenvalue weighted by Crippen LogP contribution is 2.31. The minimum atomic E-state index is -3.96. The Balaban J connectivity index is 1.96. The first-order valence-electron chi connectivity index (χ1n) is 9.03. The maximum Gasteiger partial charge on any atom is 0.264 e. The van der Waals surface area contributed by atoms with Crippen LogP contribution in [0.25, 0.3) is 0 Å². The van der Waals surface area contributed by atoms with Gasteiger partial charge in [0, 0.05) is 18.3 Å². The van der Waals surface area contributed by atoms with Crippen LogP contribution in [0.5, 0.6) is 5.75 Å². The Morgan fingerprint density at radius 2 is 1.77 bits per heavy atom. The molecule has 0 aliphatic rings. The number of benzene rings is 3. The number of hydrogen-bond donors (Lipinski definition) is 1. The van der Waals surface area contributed by atoms with Crippen molar-refractivity contribution in [2.75, 3.05) is 23.8 Å². The number of amides is 1. The highest BCUT2D eigenvalue weighted by Gasteiger charge is 2.25.